The molecule has 13 nitrogen and oxygen atoms in total. The summed E-state index contributed by atoms with van der Waals surface area (Å²) in [5.41, 5.74) is 7.12. The highest BCUT2D eigenvalue weighted by molar-refractivity contribution is 6.07. The number of carbonyl (C=O) groups excluding carboxylic acids is 2. The maximum atomic E-state index is 13.4. The summed E-state index contributed by atoms with van der Waals surface area (Å²) in [7, 11) is 0. The van der Waals surface area contributed by atoms with Crippen LogP contribution in [-0.2, 0) is 34.1 Å². The molecule has 6 rings (SSSR count). The number of para-hydroxylation sites is 1. The van der Waals surface area contributed by atoms with Gasteiger partial charge in [0.25, 0.3) is 5.09 Å². The lowest BCUT2D eigenvalue weighted by Crippen LogP contribution is -2.10. The smallest absolute Gasteiger partial charge is 0.306 e. The number of H-pyrrole nitrogens is 1. The number of carbonyl (C=O) groups is 2. The second-order valence-corrected chi connectivity index (χ2v) is 10.8. The summed E-state index contributed by atoms with van der Waals surface area (Å²) in [4.78, 5) is 45.3. The van der Waals surface area contributed by atoms with Crippen LogP contribution in [0.5, 0.6) is 0 Å². The summed E-state index contributed by atoms with van der Waals surface area (Å²) in [5.74, 6) is 0.599. The zero-order chi connectivity index (χ0) is 32.8. The minimum atomic E-state index is -0.854. The Morgan fingerprint density at radius 2 is 1.55 bits per heavy atom. The predicted octanol–water partition coefficient (Wildman–Crippen LogP) is 5.65. The lowest BCUT2D eigenvalue weighted by molar-refractivity contribution is -0.763. The molecule has 2 aromatic heterocycles. The van der Waals surface area contributed by atoms with Crippen molar-refractivity contribution in [1.82, 2.24) is 30.2 Å². The van der Waals surface area contributed by atoms with Gasteiger partial charge in [-0.15, -0.1) is 20.3 Å². The molecule has 6 aromatic rings. The molecule has 0 saturated heterocycles. The predicted molar refractivity (Wildman–Crippen MR) is 170 cm³/mol. The van der Waals surface area contributed by atoms with E-state index in [1.54, 1.807) is 36.4 Å². The van der Waals surface area contributed by atoms with Gasteiger partial charge in [0.15, 0.2) is 5.78 Å². The van der Waals surface area contributed by atoms with Crippen molar-refractivity contribution in [2.24, 2.45) is 0 Å². The number of aryl methyl sites for hydroxylation is 1. The molecule has 13 heteroatoms. The number of aromatic amines is 1. The molecule has 4 aromatic carbocycles. The highest BCUT2D eigenvalue weighted by Gasteiger charge is 2.19. The quantitative estimate of drug-likeness (QED) is 0.0727. The molecule has 0 fully saturated rings. The number of fused-ring (bicyclic) bond motifs is 1. The molecule has 0 aliphatic carbocycles. The maximum Gasteiger partial charge on any atom is 0.306 e. The molecule has 0 atom stereocenters. The molecule has 0 spiro atoms. The van der Waals surface area contributed by atoms with Gasteiger partial charge < -0.3 is 14.1 Å². The van der Waals surface area contributed by atoms with Crippen LogP contribution < -0.4 is 0 Å². The number of tetrazole rings is 1. The van der Waals surface area contributed by atoms with E-state index in [0.717, 1.165) is 33.6 Å². The fourth-order valence-electron chi connectivity index (χ4n) is 5.34. The highest BCUT2D eigenvalue weighted by atomic mass is 16.9. The van der Waals surface area contributed by atoms with Gasteiger partial charge in [-0.2, -0.15) is 5.21 Å². The van der Waals surface area contributed by atoms with Crippen LogP contribution in [-0.4, -0.2) is 47.0 Å². The Hall–Kier alpha value is -6.24. The minimum absolute atomic E-state index is 0.0200. The number of Topliss-reactive ketones (excluding diaryl/α,β-unsaturated/α-hetero) is 1. The molecule has 0 radical (unpaired) electrons. The number of imidazole rings is 1. The molecule has 236 valence electrons. The number of hydrogen-bond donors (Lipinski definition) is 1. The number of ketones is 1. The van der Waals surface area contributed by atoms with Crippen molar-refractivity contribution in [1.29, 1.82) is 0 Å². The van der Waals surface area contributed by atoms with Crippen molar-refractivity contribution >= 4 is 22.8 Å². The van der Waals surface area contributed by atoms with Crippen LogP contribution in [0.3, 0.4) is 0 Å². The molecule has 0 amide bonds. The number of rotatable bonds is 13. The van der Waals surface area contributed by atoms with E-state index < -0.39 is 11.1 Å². The Labute approximate surface area is 268 Å². The van der Waals surface area contributed by atoms with Gasteiger partial charge in [0.2, 0.25) is 5.82 Å². The third-order valence-corrected chi connectivity index (χ3v) is 7.69. The lowest BCUT2D eigenvalue weighted by Gasteiger charge is -2.12. The summed E-state index contributed by atoms with van der Waals surface area (Å²) < 4.78 is 7.37. The van der Waals surface area contributed by atoms with Crippen molar-refractivity contribution in [3.8, 4) is 22.5 Å². The van der Waals surface area contributed by atoms with Crippen LogP contribution >= 0.6 is 0 Å². The standard InChI is InChI=1S/C34H29N7O6/c1-22-35-30-8-4-7-29(31(42)17-18-32(43)46-20-24-9-11-25(12-10-24)21-47-41(44)45)33(30)40(22)19-23-13-15-26(16-14-23)27-5-2-3-6-28(27)34-36-38-39-37-34/h2-16H,17-21H2,1H3,(H,36,37,38,39). The molecule has 0 aliphatic heterocycles. The van der Waals surface area contributed by atoms with E-state index in [4.69, 9.17) is 9.72 Å². The second-order valence-electron chi connectivity index (χ2n) is 10.8. The molecular weight excluding hydrogens is 602 g/mol. The highest BCUT2D eigenvalue weighted by Crippen LogP contribution is 2.30. The summed E-state index contributed by atoms with van der Waals surface area (Å²) in [5, 5.41) is 23.9. The van der Waals surface area contributed by atoms with Gasteiger partial charge in [-0.3, -0.25) is 9.59 Å². The van der Waals surface area contributed by atoms with E-state index in [0.29, 0.717) is 34.6 Å². The van der Waals surface area contributed by atoms with Crippen LogP contribution in [0.15, 0.2) is 91.0 Å². The van der Waals surface area contributed by atoms with E-state index in [1.807, 2.05) is 66.1 Å². The van der Waals surface area contributed by atoms with Crippen LogP contribution in [0.4, 0.5) is 0 Å². The number of benzene rings is 4. The summed E-state index contributed by atoms with van der Waals surface area (Å²) in [6.07, 6.45) is -0.0995. The Kier molecular flexibility index (Phi) is 9.04. The van der Waals surface area contributed by atoms with E-state index >= 15 is 0 Å². The van der Waals surface area contributed by atoms with Gasteiger partial charge in [-0.25, -0.2) is 4.98 Å². The lowest BCUT2D eigenvalue weighted by atomic mass is 9.98. The summed E-state index contributed by atoms with van der Waals surface area (Å²) in [6, 6.07) is 28.2. The first kappa shape index (κ1) is 30.8. The minimum Gasteiger partial charge on any atom is -0.461 e. The normalized spacial score (nSPS) is 11.0. The molecule has 0 bridgehead atoms. The van der Waals surface area contributed by atoms with E-state index in [-0.39, 0.29) is 31.8 Å². The molecule has 2 heterocycles. The first-order chi connectivity index (χ1) is 22.9. The topological polar surface area (TPSA) is 168 Å². The zero-order valence-corrected chi connectivity index (χ0v) is 25.3. The number of esters is 1. The van der Waals surface area contributed by atoms with Gasteiger partial charge in [-0.05, 0) is 52.1 Å². The Morgan fingerprint density at radius 3 is 2.26 bits per heavy atom. The third kappa shape index (κ3) is 7.20. The van der Waals surface area contributed by atoms with Crippen LogP contribution in [0.2, 0.25) is 0 Å². The Balaban J connectivity index is 1.11. The zero-order valence-electron chi connectivity index (χ0n) is 25.3. The molecule has 1 N–H and O–H groups in total. The number of ether oxygens (including phenoxy) is 1. The number of nitrogens with zero attached hydrogens (tertiary/aromatic N) is 6. The fraction of sp³-hybridized carbons (Fsp3) is 0.176. The van der Waals surface area contributed by atoms with Crippen molar-refractivity contribution < 1.29 is 24.3 Å². The average Bonchev–Trinajstić information content (AvgIpc) is 3.74. The first-order valence-electron chi connectivity index (χ1n) is 14.8. The van der Waals surface area contributed by atoms with E-state index in [1.165, 1.54) is 0 Å². The fourth-order valence-corrected chi connectivity index (χ4v) is 5.34. The van der Waals surface area contributed by atoms with Crippen molar-refractivity contribution in [2.45, 2.75) is 39.5 Å². The number of aromatic nitrogens is 6. The van der Waals surface area contributed by atoms with E-state index in [2.05, 4.69) is 25.5 Å². The van der Waals surface area contributed by atoms with Gasteiger partial charge >= 0.3 is 5.97 Å². The van der Waals surface area contributed by atoms with Crippen molar-refractivity contribution in [3.05, 3.63) is 129 Å². The Bertz CT molecular complexity index is 2040. The first-order valence-corrected chi connectivity index (χ1v) is 14.8. The summed E-state index contributed by atoms with van der Waals surface area (Å²) >= 11 is 0. The maximum absolute atomic E-state index is 13.4. The molecule has 0 unspecified atom stereocenters. The van der Waals surface area contributed by atoms with Crippen molar-refractivity contribution in [2.75, 3.05) is 0 Å². The number of hydrogen-bond acceptors (Lipinski definition) is 10. The molecular formula is C34H29N7O6. The monoisotopic (exact) mass is 631 g/mol. The molecule has 0 saturated carbocycles. The number of nitrogens with one attached hydrogen (secondary N) is 1. The van der Waals surface area contributed by atoms with Gasteiger partial charge in [0.1, 0.15) is 19.0 Å². The molecule has 47 heavy (non-hydrogen) atoms. The van der Waals surface area contributed by atoms with Gasteiger partial charge in [0.05, 0.1) is 17.5 Å². The molecule has 0 aliphatic rings. The third-order valence-electron chi connectivity index (χ3n) is 7.69. The van der Waals surface area contributed by atoms with Crippen LogP contribution in [0.25, 0.3) is 33.5 Å². The largest absolute Gasteiger partial charge is 0.461 e. The van der Waals surface area contributed by atoms with Crippen LogP contribution in [0, 0.1) is 17.0 Å². The van der Waals surface area contributed by atoms with E-state index in [9.17, 15) is 19.7 Å². The second kappa shape index (κ2) is 13.8. The average molecular weight is 632 g/mol. The Morgan fingerprint density at radius 1 is 0.851 bits per heavy atom. The van der Waals surface area contributed by atoms with Gasteiger partial charge in [-0.1, -0.05) is 78.9 Å². The van der Waals surface area contributed by atoms with Gasteiger partial charge in [0, 0.05) is 24.1 Å². The SMILES string of the molecule is Cc1nc2cccc(C(=O)CCC(=O)OCc3ccc(CO[N+](=O)[O-])cc3)c2n1Cc1ccc(-c2ccccc2-c2nn[nH]n2)cc1. The van der Waals surface area contributed by atoms with Crippen molar-refractivity contribution in [3.63, 3.8) is 0 Å². The summed E-state index contributed by atoms with van der Waals surface area (Å²) in [6.45, 7) is 2.26. The van der Waals surface area contributed by atoms with Crippen LogP contribution in [0.1, 0.15) is 45.7 Å².